The molecular weight excluding hydrogens is 294 g/mol. The molecule has 0 radical (unpaired) electrons. The summed E-state index contributed by atoms with van der Waals surface area (Å²) in [6, 6.07) is 7.63. The first kappa shape index (κ1) is 14.9. The lowest BCUT2D eigenvalue weighted by atomic mass is 10.1. The van der Waals surface area contributed by atoms with Crippen LogP contribution in [0, 0.1) is 0 Å². The molecule has 0 amide bonds. The molecule has 112 valence electrons. The summed E-state index contributed by atoms with van der Waals surface area (Å²) in [5.41, 5.74) is 4.31. The van der Waals surface area contributed by atoms with E-state index in [9.17, 15) is 0 Å². The number of rotatable bonds is 4. The zero-order valence-corrected chi connectivity index (χ0v) is 13.5. The molecule has 0 N–H and O–H groups in total. The van der Waals surface area contributed by atoms with Gasteiger partial charge in [-0.15, -0.1) is 0 Å². The highest BCUT2D eigenvalue weighted by atomic mass is 35.5. The third kappa shape index (κ3) is 3.26. The molecule has 4 heteroatoms. The minimum absolute atomic E-state index is 0.691. The zero-order valence-electron chi connectivity index (χ0n) is 12.8. The molecule has 1 aliphatic rings. The van der Waals surface area contributed by atoms with Gasteiger partial charge in [-0.1, -0.05) is 23.8 Å². The number of aliphatic imine (C=N–C) groups is 1. The predicted octanol–water partition coefficient (Wildman–Crippen LogP) is 4.41. The van der Waals surface area contributed by atoms with Gasteiger partial charge in [-0.3, -0.25) is 9.98 Å². The lowest BCUT2D eigenvalue weighted by Gasteiger charge is -2.11. The smallest absolute Gasteiger partial charge is 0.0739 e. The topological polar surface area (TPSA) is 28.5 Å². The first-order valence-electron chi connectivity index (χ1n) is 7.26. The standard InChI is InChI=1S/C18H18ClN3/c1-22(2)12-14-5-3-4-13(14)11-21-17-8-9-20-18-10-15(19)6-7-16(17)18/h4-11H,3,12H2,1-2H3. The minimum Gasteiger partial charge on any atom is -0.305 e. The summed E-state index contributed by atoms with van der Waals surface area (Å²) in [5, 5.41) is 1.70. The van der Waals surface area contributed by atoms with E-state index in [1.165, 1.54) is 11.1 Å². The summed E-state index contributed by atoms with van der Waals surface area (Å²) in [6.07, 6.45) is 9.17. The van der Waals surface area contributed by atoms with Crippen molar-refractivity contribution in [3.63, 3.8) is 0 Å². The van der Waals surface area contributed by atoms with E-state index in [1.54, 1.807) is 6.20 Å². The molecule has 0 unspecified atom stereocenters. The number of pyridine rings is 1. The molecule has 1 aromatic heterocycles. The van der Waals surface area contributed by atoms with Crippen LogP contribution >= 0.6 is 11.6 Å². The first-order valence-corrected chi connectivity index (χ1v) is 7.64. The number of hydrogen-bond acceptors (Lipinski definition) is 3. The first-order chi connectivity index (χ1) is 10.6. The van der Waals surface area contributed by atoms with E-state index >= 15 is 0 Å². The molecule has 0 saturated heterocycles. The monoisotopic (exact) mass is 311 g/mol. The van der Waals surface area contributed by atoms with Gasteiger partial charge in [-0.2, -0.15) is 0 Å². The molecule has 1 heterocycles. The van der Waals surface area contributed by atoms with Crippen molar-refractivity contribution in [2.75, 3.05) is 20.6 Å². The van der Waals surface area contributed by atoms with Crippen LogP contribution in [0.5, 0.6) is 0 Å². The van der Waals surface area contributed by atoms with Gasteiger partial charge < -0.3 is 4.90 Å². The molecule has 0 spiro atoms. The molecule has 3 rings (SSSR count). The van der Waals surface area contributed by atoms with Crippen LogP contribution in [0.4, 0.5) is 5.69 Å². The number of benzene rings is 1. The fourth-order valence-electron chi connectivity index (χ4n) is 2.57. The molecule has 2 aromatic rings. The van der Waals surface area contributed by atoms with Crippen LogP contribution < -0.4 is 0 Å². The number of likely N-dealkylation sites (N-methyl/N-ethyl adjacent to an activating group) is 1. The lowest BCUT2D eigenvalue weighted by molar-refractivity contribution is 0.448. The van der Waals surface area contributed by atoms with Gasteiger partial charge in [0.2, 0.25) is 0 Å². The molecule has 0 aliphatic heterocycles. The van der Waals surface area contributed by atoms with Crippen LogP contribution in [-0.4, -0.2) is 36.7 Å². The van der Waals surface area contributed by atoms with Crippen molar-refractivity contribution in [3.8, 4) is 0 Å². The molecule has 3 nitrogen and oxygen atoms in total. The maximum atomic E-state index is 6.02. The van der Waals surface area contributed by atoms with E-state index in [-0.39, 0.29) is 0 Å². The van der Waals surface area contributed by atoms with Crippen molar-refractivity contribution in [2.45, 2.75) is 6.42 Å². The van der Waals surface area contributed by atoms with E-state index in [4.69, 9.17) is 11.6 Å². The van der Waals surface area contributed by atoms with Crippen LogP contribution in [0.15, 0.2) is 58.8 Å². The van der Waals surface area contributed by atoms with E-state index in [2.05, 4.69) is 41.1 Å². The summed E-state index contributed by atoms with van der Waals surface area (Å²) < 4.78 is 0. The van der Waals surface area contributed by atoms with Gasteiger partial charge >= 0.3 is 0 Å². The Balaban J connectivity index is 1.89. The highest BCUT2D eigenvalue weighted by molar-refractivity contribution is 6.31. The average molecular weight is 312 g/mol. The van der Waals surface area contributed by atoms with Crippen LogP contribution in [0.3, 0.4) is 0 Å². The lowest BCUT2D eigenvalue weighted by Crippen LogP contribution is -2.15. The molecule has 1 aromatic carbocycles. The van der Waals surface area contributed by atoms with Gasteiger partial charge in [0.1, 0.15) is 0 Å². The number of nitrogens with zero attached hydrogens (tertiary/aromatic N) is 3. The Kier molecular flexibility index (Phi) is 4.36. The number of allylic oxidation sites excluding steroid dienone is 2. The number of fused-ring (bicyclic) bond motifs is 1. The number of hydrogen-bond donors (Lipinski definition) is 0. The van der Waals surface area contributed by atoms with E-state index in [1.807, 2.05) is 30.5 Å². The Morgan fingerprint density at radius 3 is 2.95 bits per heavy atom. The van der Waals surface area contributed by atoms with Gasteiger partial charge in [0.25, 0.3) is 0 Å². The summed E-state index contributed by atoms with van der Waals surface area (Å²) >= 11 is 6.02. The minimum atomic E-state index is 0.691. The average Bonchev–Trinajstić information content (AvgIpc) is 2.91. The molecule has 0 atom stereocenters. The largest absolute Gasteiger partial charge is 0.305 e. The molecular formula is C18H18ClN3. The maximum absolute atomic E-state index is 6.02. The maximum Gasteiger partial charge on any atom is 0.0739 e. The third-order valence-electron chi connectivity index (χ3n) is 3.58. The molecule has 0 bridgehead atoms. The van der Waals surface area contributed by atoms with Crippen LogP contribution in [0.1, 0.15) is 6.42 Å². The van der Waals surface area contributed by atoms with Crippen molar-refractivity contribution < 1.29 is 0 Å². The molecule has 22 heavy (non-hydrogen) atoms. The van der Waals surface area contributed by atoms with E-state index < -0.39 is 0 Å². The van der Waals surface area contributed by atoms with Crippen molar-refractivity contribution in [3.05, 3.63) is 58.8 Å². The van der Waals surface area contributed by atoms with Crippen molar-refractivity contribution >= 4 is 34.4 Å². The second-order valence-corrected chi connectivity index (χ2v) is 6.05. The van der Waals surface area contributed by atoms with Gasteiger partial charge in [0.15, 0.2) is 0 Å². The van der Waals surface area contributed by atoms with Gasteiger partial charge in [0.05, 0.1) is 11.2 Å². The molecule has 0 saturated carbocycles. The summed E-state index contributed by atoms with van der Waals surface area (Å²) in [6.45, 7) is 0.935. The SMILES string of the molecule is CN(C)CC1=CCC=C1C=Nc1ccnc2cc(Cl)ccc12. The quantitative estimate of drug-likeness (QED) is 0.783. The molecule has 1 aliphatic carbocycles. The van der Waals surface area contributed by atoms with Crippen LogP contribution in [-0.2, 0) is 0 Å². The Morgan fingerprint density at radius 1 is 1.27 bits per heavy atom. The number of aromatic nitrogens is 1. The fourth-order valence-corrected chi connectivity index (χ4v) is 2.73. The van der Waals surface area contributed by atoms with Crippen molar-refractivity contribution in [2.24, 2.45) is 4.99 Å². The summed E-state index contributed by atoms with van der Waals surface area (Å²) in [7, 11) is 4.15. The van der Waals surface area contributed by atoms with Crippen LogP contribution in [0.2, 0.25) is 5.02 Å². The highest BCUT2D eigenvalue weighted by Gasteiger charge is 2.09. The normalized spacial score (nSPS) is 14.9. The Morgan fingerprint density at radius 2 is 2.14 bits per heavy atom. The van der Waals surface area contributed by atoms with Crippen LogP contribution in [0.25, 0.3) is 10.9 Å². The molecule has 0 fully saturated rings. The highest BCUT2D eigenvalue weighted by Crippen LogP contribution is 2.27. The Hall–Kier alpha value is -1.97. The van der Waals surface area contributed by atoms with Gasteiger partial charge in [-0.05, 0) is 55.9 Å². The zero-order chi connectivity index (χ0) is 15.5. The summed E-state index contributed by atoms with van der Waals surface area (Å²) in [4.78, 5) is 11.2. The Labute approximate surface area is 135 Å². The van der Waals surface area contributed by atoms with E-state index in [0.29, 0.717) is 5.02 Å². The van der Waals surface area contributed by atoms with Gasteiger partial charge in [-0.25, -0.2) is 0 Å². The van der Waals surface area contributed by atoms with E-state index in [0.717, 1.165) is 29.6 Å². The van der Waals surface area contributed by atoms with Crippen molar-refractivity contribution in [1.29, 1.82) is 0 Å². The Bertz CT molecular complexity index is 788. The second-order valence-electron chi connectivity index (χ2n) is 5.61. The predicted molar refractivity (Wildman–Crippen MR) is 94.2 cm³/mol. The fraction of sp³-hybridized carbons (Fsp3) is 0.222. The van der Waals surface area contributed by atoms with Crippen molar-refractivity contribution in [1.82, 2.24) is 9.88 Å². The van der Waals surface area contributed by atoms with Gasteiger partial charge in [0, 0.05) is 29.4 Å². The summed E-state index contributed by atoms with van der Waals surface area (Å²) in [5.74, 6) is 0. The third-order valence-corrected chi connectivity index (χ3v) is 3.82. The number of halogens is 1. The second kappa shape index (κ2) is 6.42.